The van der Waals surface area contributed by atoms with Crippen molar-refractivity contribution < 1.29 is 26.4 Å². The molecule has 0 spiro atoms. The predicted octanol–water partition coefficient (Wildman–Crippen LogP) is 1.54. The van der Waals surface area contributed by atoms with Crippen molar-refractivity contribution in [3.8, 4) is 0 Å². The van der Waals surface area contributed by atoms with Crippen molar-refractivity contribution in [2.45, 2.75) is 23.9 Å². The van der Waals surface area contributed by atoms with Crippen LogP contribution in [0.4, 0.5) is 18.0 Å². The number of aryl methyl sites for hydroxylation is 1. The Morgan fingerprint density at radius 2 is 1.84 bits per heavy atom. The Morgan fingerprint density at radius 3 is 2.37 bits per heavy atom. The molecule has 1 rings (SSSR count). The molecule has 0 heterocycles. The summed E-state index contributed by atoms with van der Waals surface area (Å²) in [6.07, 6.45) is -6.05. The van der Waals surface area contributed by atoms with Gasteiger partial charge in [0.15, 0.2) is 0 Å². The zero-order valence-corrected chi connectivity index (χ0v) is 10.4. The van der Waals surface area contributed by atoms with Gasteiger partial charge in [0.1, 0.15) is 0 Å². The van der Waals surface area contributed by atoms with Crippen LogP contribution < -0.4 is 10.5 Å². The second kappa shape index (κ2) is 5.47. The van der Waals surface area contributed by atoms with Gasteiger partial charge < -0.3 is 5.73 Å². The van der Waals surface area contributed by atoms with E-state index in [1.807, 2.05) is 0 Å². The van der Waals surface area contributed by atoms with Crippen LogP contribution in [-0.4, -0.2) is 20.6 Å². The number of urea groups is 1. The molecule has 0 unspecified atom stereocenters. The number of rotatable bonds is 4. The normalized spacial score (nSPS) is 12.2. The number of amides is 2. The first kappa shape index (κ1) is 15.3. The van der Waals surface area contributed by atoms with E-state index in [1.165, 1.54) is 22.9 Å². The van der Waals surface area contributed by atoms with Crippen LogP contribution in [0.5, 0.6) is 0 Å². The van der Waals surface area contributed by atoms with Crippen molar-refractivity contribution in [3.63, 3.8) is 0 Å². The third-order valence-electron chi connectivity index (χ3n) is 2.17. The smallest absolute Gasteiger partial charge is 0.351 e. The maximum Gasteiger partial charge on any atom is 0.389 e. The third kappa shape index (κ3) is 4.78. The lowest BCUT2D eigenvalue weighted by atomic mass is 10.1. The van der Waals surface area contributed by atoms with Crippen molar-refractivity contribution in [1.82, 2.24) is 4.72 Å². The lowest BCUT2D eigenvalue weighted by Gasteiger charge is -2.11. The molecule has 3 N–H and O–H groups in total. The highest BCUT2D eigenvalue weighted by Gasteiger charge is 2.28. The monoisotopic (exact) mass is 296 g/mol. The van der Waals surface area contributed by atoms with Crippen molar-refractivity contribution in [2.75, 3.05) is 0 Å². The molecule has 9 heteroatoms. The van der Waals surface area contributed by atoms with Gasteiger partial charge in [0, 0.05) is 6.42 Å². The van der Waals surface area contributed by atoms with Crippen LogP contribution in [0.3, 0.4) is 0 Å². The van der Waals surface area contributed by atoms with Gasteiger partial charge in [-0.3, -0.25) is 0 Å². The van der Waals surface area contributed by atoms with Crippen LogP contribution in [0.15, 0.2) is 29.2 Å². The largest absolute Gasteiger partial charge is 0.389 e. The lowest BCUT2D eigenvalue weighted by Crippen LogP contribution is -2.35. The highest BCUT2D eigenvalue weighted by Crippen LogP contribution is 2.24. The van der Waals surface area contributed by atoms with Crippen LogP contribution in [0.25, 0.3) is 0 Å². The molecular formula is C10H11F3N2O3S. The minimum atomic E-state index is -4.39. The molecule has 0 saturated carbocycles. The van der Waals surface area contributed by atoms with Gasteiger partial charge in [0.05, 0.1) is 4.90 Å². The van der Waals surface area contributed by atoms with E-state index in [-0.39, 0.29) is 5.56 Å². The molecule has 1 aromatic carbocycles. The predicted molar refractivity (Wildman–Crippen MR) is 60.7 cm³/mol. The Kier molecular flexibility index (Phi) is 4.40. The summed E-state index contributed by atoms with van der Waals surface area (Å²) >= 11 is 0. The molecule has 0 aromatic heterocycles. The first-order valence-corrected chi connectivity index (χ1v) is 6.57. The molecule has 0 fully saturated rings. The molecule has 106 valence electrons. The van der Waals surface area contributed by atoms with Crippen LogP contribution in [-0.2, 0) is 16.4 Å². The summed E-state index contributed by atoms with van der Waals surface area (Å²) in [5.41, 5.74) is 4.67. The SMILES string of the molecule is NC(=O)NS(=O)(=O)c1ccccc1CCC(F)(F)F. The van der Waals surface area contributed by atoms with Gasteiger partial charge in [-0.25, -0.2) is 17.9 Å². The fourth-order valence-corrected chi connectivity index (χ4v) is 2.58. The number of benzene rings is 1. The van der Waals surface area contributed by atoms with E-state index >= 15 is 0 Å². The van der Waals surface area contributed by atoms with Gasteiger partial charge >= 0.3 is 12.2 Å². The molecule has 5 nitrogen and oxygen atoms in total. The summed E-state index contributed by atoms with van der Waals surface area (Å²) < 4.78 is 61.3. The van der Waals surface area contributed by atoms with E-state index in [4.69, 9.17) is 5.73 Å². The number of nitrogens with two attached hydrogens (primary N) is 1. The molecule has 0 aliphatic carbocycles. The molecule has 0 bridgehead atoms. The van der Waals surface area contributed by atoms with E-state index in [1.54, 1.807) is 0 Å². The van der Waals surface area contributed by atoms with E-state index in [0.29, 0.717) is 0 Å². The molecule has 1 aromatic rings. The Balaban J connectivity index is 3.06. The highest BCUT2D eigenvalue weighted by atomic mass is 32.2. The number of hydrogen-bond donors (Lipinski definition) is 2. The van der Waals surface area contributed by atoms with Gasteiger partial charge in [0.2, 0.25) is 0 Å². The molecule has 2 amide bonds. The van der Waals surface area contributed by atoms with Crippen LogP contribution in [0.1, 0.15) is 12.0 Å². The molecular weight excluding hydrogens is 285 g/mol. The summed E-state index contributed by atoms with van der Waals surface area (Å²) in [4.78, 5) is 10.2. The summed E-state index contributed by atoms with van der Waals surface area (Å²) in [6, 6.07) is 3.81. The number of hydrogen-bond acceptors (Lipinski definition) is 3. The topological polar surface area (TPSA) is 89.3 Å². The van der Waals surface area contributed by atoms with E-state index in [0.717, 1.165) is 6.07 Å². The number of nitrogens with one attached hydrogen (secondary N) is 1. The number of alkyl halides is 3. The van der Waals surface area contributed by atoms with Crippen LogP contribution in [0, 0.1) is 0 Å². The van der Waals surface area contributed by atoms with Crippen molar-refractivity contribution in [1.29, 1.82) is 0 Å². The first-order chi connectivity index (χ1) is 8.62. The Hall–Kier alpha value is -1.77. The Morgan fingerprint density at radius 1 is 1.26 bits per heavy atom. The van der Waals surface area contributed by atoms with E-state index in [9.17, 15) is 26.4 Å². The molecule has 0 aliphatic rings. The van der Waals surface area contributed by atoms with E-state index in [2.05, 4.69) is 0 Å². The number of carbonyl (C=O) groups excluding carboxylic acids is 1. The van der Waals surface area contributed by atoms with Gasteiger partial charge in [0.25, 0.3) is 10.0 Å². The van der Waals surface area contributed by atoms with E-state index < -0.39 is 40.0 Å². The molecule has 0 saturated heterocycles. The van der Waals surface area contributed by atoms with Gasteiger partial charge in [-0.1, -0.05) is 18.2 Å². The molecule has 0 atom stereocenters. The fourth-order valence-electron chi connectivity index (χ4n) is 1.44. The van der Waals surface area contributed by atoms with Gasteiger partial charge in [-0.15, -0.1) is 0 Å². The number of primary amides is 1. The van der Waals surface area contributed by atoms with Gasteiger partial charge in [-0.2, -0.15) is 13.2 Å². The van der Waals surface area contributed by atoms with Crippen molar-refractivity contribution in [3.05, 3.63) is 29.8 Å². The summed E-state index contributed by atoms with van der Waals surface area (Å²) in [5, 5.41) is 0. The average molecular weight is 296 g/mol. The fraction of sp³-hybridized carbons (Fsp3) is 0.300. The Labute approximate surface area is 107 Å². The minimum absolute atomic E-state index is 0.0337. The zero-order valence-electron chi connectivity index (χ0n) is 9.57. The summed E-state index contributed by atoms with van der Waals surface area (Å²) in [6.45, 7) is 0. The number of halogens is 3. The maximum absolute atomic E-state index is 12.1. The maximum atomic E-state index is 12.1. The first-order valence-electron chi connectivity index (χ1n) is 5.09. The quantitative estimate of drug-likeness (QED) is 0.883. The third-order valence-corrected chi connectivity index (χ3v) is 3.62. The van der Waals surface area contributed by atoms with Crippen LogP contribution >= 0.6 is 0 Å². The second-order valence-corrected chi connectivity index (χ2v) is 5.34. The summed E-state index contributed by atoms with van der Waals surface area (Å²) in [7, 11) is -4.25. The van der Waals surface area contributed by atoms with Crippen LogP contribution in [0.2, 0.25) is 0 Å². The van der Waals surface area contributed by atoms with Gasteiger partial charge in [-0.05, 0) is 18.1 Å². The number of sulfonamides is 1. The molecule has 19 heavy (non-hydrogen) atoms. The second-order valence-electron chi connectivity index (χ2n) is 3.69. The standard InChI is InChI=1S/C10H11F3N2O3S/c11-10(12,13)6-5-7-3-1-2-4-8(7)19(17,18)15-9(14)16/h1-4H,5-6H2,(H3,14,15,16). The molecule has 0 radical (unpaired) electrons. The average Bonchev–Trinajstić information content (AvgIpc) is 2.24. The lowest BCUT2D eigenvalue weighted by molar-refractivity contribution is -0.134. The van der Waals surface area contributed by atoms with Crippen molar-refractivity contribution >= 4 is 16.1 Å². The summed E-state index contributed by atoms with van der Waals surface area (Å²) in [5.74, 6) is 0. The zero-order chi connectivity index (χ0) is 14.7. The Bertz CT molecular complexity index is 570. The highest BCUT2D eigenvalue weighted by molar-refractivity contribution is 7.90. The minimum Gasteiger partial charge on any atom is -0.351 e. The van der Waals surface area contributed by atoms with Crippen molar-refractivity contribution in [2.24, 2.45) is 5.73 Å². The molecule has 0 aliphatic heterocycles. The number of carbonyl (C=O) groups is 1.